The molecular weight excluding hydrogens is 796 g/mol. The largest absolute Gasteiger partial charge is 0.416 e. The van der Waals surface area contributed by atoms with Crippen molar-refractivity contribution in [2.45, 2.75) is 50.5 Å². The van der Waals surface area contributed by atoms with E-state index in [4.69, 9.17) is 0 Å². The summed E-state index contributed by atoms with van der Waals surface area (Å²) in [7, 11) is 0. The molecule has 0 radical (unpaired) electrons. The average molecular weight is 825 g/mol. The summed E-state index contributed by atoms with van der Waals surface area (Å²) in [4.78, 5) is 30.8. The first kappa shape index (κ1) is 42.4. The fourth-order valence-electron chi connectivity index (χ4n) is 4.84. The number of nitrogens with zero attached hydrogens (tertiary/aromatic N) is 7. The quantitative estimate of drug-likeness (QED) is 0.0969. The van der Waals surface area contributed by atoms with Gasteiger partial charge in [-0.05, 0) is 55.2 Å². The van der Waals surface area contributed by atoms with E-state index in [2.05, 4.69) is 36.4 Å². The number of carbonyl (C=O) groups is 2. The van der Waals surface area contributed by atoms with Gasteiger partial charge in [0.25, 0.3) is 11.8 Å². The lowest BCUT2D eigenvalue weighted by Gasteiger charge is -2.36. The van der Waals surface area contributed by atoms with Crippen LogP contribution < -0.4 is 16.3 Å². The summed E-state index contributed by atoms with van der Waals surface area (Å²) in [5.41, 5.74) is 1.03. The van der Waals surface area contributed by atoms with Crippen molar-refractivity contribution in [2.75, 3.05) is 13.1 Å². The number of rotatable bonds is 9. The number of amides is 2. The molecule has 3 N–H and O–H groups in total. The fourth-order valence-corrected chi connectivity index (χ4v) is 4.84. The van der Waals surface area contributed by atoms with Crippen LogP contribution in [-0.2, 0) is 34.3 Å². The predicted molar refractivity (Wildman–Crippen MR) is 175 cm³/mol. The van der Waals surface area contributed by atoms with E-state index in [1.165, 1.54) is 12.4 Å². The lowest BCUT2D eigenvalue weighted by molar-refractivity contribution is -0.144. The molecule has 1 saturated heterocycles. The SMILES string of the molecule is CC1CN(NC(=O)/C=C\n2cnc(-c3cc(C(F)(F)F)cc(C(F)(F)F)c3)n2)C1.O=C(/C=C\n1cnc(-c2cc(C(F)(F)F)cc(C(F)(F)F)c2)n1)NNC1CC1. The van der Waals surface area contributed by atoms with Gasteiger partial charge in [0.1, 0.15) is 12.7 Å². The minimum atomic E-state index is -4.97. The van der Waals surface area contributed by atoms with Crippen LogP contribution in [0.25, 0.3) is 35.2 Å². The highest BCUT2D eigenvalue weighted by atomic mass is 19.4. The molecule has 0 spiro atoms. The summed E-state index contributed by atoms with van der Waals surface area (Å²) >= 11 is 0. The second kappa shape index (κ2) is 16.4. The molecule has 2 aliphatic rings. The topological polar surface area (TPSA) is 135 Å². The summed E-state index contributed by atoms with van der Waals surface area (Å²) in [6, 6.07) is 2.43. The summed E-state index contributed by atoms with van der Waals surface area (Å²) in [6.07, 6.45) is -11.3. The van der Waals surface area contributed by atoms with Gasteiger partial charge in [-0.3, -0.25) is 20.4 Å². The Morgan fingerprint density at radius 2 is 1.02 bits per heavy atom. The second-order valence-corrected chi connectivity index (χ2v) is 12.7. The van der Waals surface area contributed by atoms with Crippen LogP contribution in [0, 0.1) is 5.92 Å². The van der Waals surface area contributed by atoms with Crippen molar-refractivity contribution in [1.29, 1.82) is 0 Å². The maximum Gasteiger partial charge on any atom is 0.416 e. The Hall–Kier alpha value is -5.78. The Balaban J connectivity index is 0.000000218. The zero-order valence-electron chi connectivity index (χ0n) is 28.9. The van der Waals surface area contributed by atoms with Gasteiger partial charge in [-0.25, -0.2) is 29.8 Å². The molecule has 6 rings (SSSR count). The van der Waals surface area contributed by atoms with E-state index in [0.29, 0.717) is 43.3 Å². The van der Waals surface area contributed by atoms with Crippen molar-refractivity contribution in [2.24, 2.45) is 5.92 Å². The van der Waals surface area contributed by atoms with E-state index in [9.17, 15) is 62.3 Å². The molecule has 3 heterocycles. The van der Waals surface area contributed by atoms with Crippen LogP contribution in [0.1, 0.15) is 42.0 Å². The van der Waals surface area contributed by atoms with Gasteiger partial charge in [-0.15, -0.1) is 10.2 Å². The van der Waals surface area contributed by atoms with Gasteiger partial charge in [0.05, 0.1) is 22.3 Å². The summed E-state index contributed by atoms with van der Waals surface area (Å²) in [6.45, 7) is 3.45. The fraction of sp³-hybridized carbons (Fsp3) is 0.333. The van der Waals surface area contributed by atoms with Crippen molar-refractivity contribution in [3.05, 3.63) is 83.5 Å². The number of halogens is 12. The van der Waals surface area contributed by atoms with Crippen molar-refractivity contribution in [1.82, 2.24) is 50.8 Å². The van der Waals surface area contributed by atoms with Gasteiger partial charge >= 0.3 is 24.7 Å². The van der Waals surface area contributed by atoms with Gasteiger partial charge in [0.15, 0.2) is 11.6 Å². The Bertz CT molecular complexity index is 2060. The first-order valence-electron chi connectivity index (χ1n) is 16.3. The number of aromatic nitrogens is 6. The van der Waals surface area contributed by atoms with Crippen LogP contribution in [0.3, 0.4) is 0 Å². The second-order valence-electron chi connectivity index (χ2n) is 12.7. The standard InChI is InChI=1S/C17H15F6N5O.C16H13F6N5O/c1-10-7-28(8-10)25-14(29)2-3-27-9-24-15(26-27)11-4-12(16(18,19)20)6-13(5-11)17(21,22)23;17-15(18,19)10-5-9(6-11(7-10)16(20,21)22)14-23-8-27(26-14)4-3-13(28)25-24-12-1-2-12/h2-6,9-10H,7-8H2,1H3,(H,25,29);3-8,12,24H,1-2H2,(H,25,28)/b3-2-;4-3-. The molecule has 12 nitrogen and oxygen atoms in total. The minimum Gasteiger partial charge on any atom is -0.288 e. The third kappa shape index (κ3) is 12.1. The zero-order valence-corrected chi connectivity index (χ0v) is 28.9. The Morgan fingerprint density at radius 3 is 1.37 bits per heavy atom. The average Bonchev–Trinajstić information content (AvgIpc) is 3.59. The van der Waals surface area contributed by atoms with Crippen molar-refractivity contribution in [3.63, 3.8) is 0 Å². The molecule has 2 aromatic carbocycles. The smallest absolute Gasteiger partial charge is 0.288 e. The number of carbonyl (C=O) groups excluding carboxylic acids is 2. The number of hydrogen-bond donors (Lipinski definition) is 3. The number of hydrogen-bond acceptors (Lipinski definition) is 8. The molecule has 0 unspecified atom stereocenters. The molecule has 1 saturated carbocycles. The van der Waals surface area contributed by atoms with E-state index in [0.717, 1.165) is 47.0 Å². The lowest BCUT2D eigenvalue weighted by atomic mass is 10.0. The molecule has 1 aliphatic heterocycles. The minimum absolute atomic E-state index is 0.0254. The van der Waals surface area contributed by atoms with Crippen LogP contribution in [0.2, 0.25) is 0 Å². The van der Waals surface area contributed by atoms with Gasteiger partial charge in [0.2, 0.25) is 0 Å². The van der Waals surface area contributed by atoms with Crippen LogP contribution >= 0.6 is 0 Å². The number of benzene rings is 2. The number of alkyl halides is 12. The third-order valence-corrected chi connectivity index (χ3v) is 7.78. The molecule has 2 amide bonds. The maximum absolute atomic E-state index is 13.0. The van der Waals surface area contributed by atoms with Gasteiger partial charge in [-0.2, -0.15) is 52.7 Å². The lowest BCUT2D eigenvalue weighted by Crippen LogP contribution is -2.54. The highest BCUT2D eigenvalue weighted by Gasteiger charge is 2.38. The van der Waals surface area contributed by atoms with E-state index in [1.54, 1.807) is 5.01 Å². The van der Waals surface area contributed by atoms with Crippen LogP contribution in [-0.4, -0.2) is 65.5 Å². The first-order valence-corrected chi connectivity index (χ1v) is 16.3. The van der Waals surface area contributed by atoms with E-state index in [1.807, 2.05) is 6.92 Å². The molecule has 0 bridgehead atoms. The van der Waals surface area contributed by atoms with Crippen LogP contribution in [0.4, 0.5) is 52.7 Å². The monoisotopic (exact) mass is 824 g/mol. The van der Waals surface area contributed by atoms with E-state index < -0.39 is 69.9 Å². The maximum atomic E-state index is 13.0. The van der Waals surface area contributed by atoms with Crippen molar-refractivity contribution >= 4 is 24.2 Å². The zero-order chi connectivity index (χ0) is 41.9. The van der Waals surface area contributed by atoms with E-state index in [-0.39, 0.29) is 29.8 Å². The molecule has 57 heavy (non-hydrogen) atoms. The van der Waals surface area contributed by atoms with Crippen molar-refractivity contribution in [3.8, 4) is 22.8 Å². The van der Waals surface area contributed by atoms with Crippen LogP contribution in [0.5, 0.6) is 0 Å². The summed E-state index contributed by atoms with van der Waals surface area (Å²) < 4.78 is 157. The molecule has 2 aromatic heterocycles. The Morgan fingerprint density at radius 1 is 0.632 bits per heavy atom. The van der Waals surface area contributed by atoms with Crippen LogP contribution in [0.15, 0.2) is 61.2 Å². The molecule has 0 atom stereocenters. The number of hydrazine groups is 2. The molecule has 306 valence electrons. The molecular formula is C33H28F12N10O2. The molecule has 1 aliphatic carbocycles. The predicted octanol–water partition coefficient (Wildman–Crippen LogP) is 6.67. The summed E-state index contributed by atoms with van der Waals surface area (Å²) in [5.74, 6) is -1.16. The highest BCUT2D eigenvalue weighted by molar-refractivity contribution is 5.90. The summed E-state index contributed by atoms with van der Waals surface area (Å²) in [5, 5.41) is 9.30. The third-order valence-electron chi connectivity index (χ3n) is 7.78. The van der Waals surface area contributed by atoms with E-state index >= 15 is 0 Å². The first-order chi connectivity index (χ1) is 26.4. The Kier molecular flexibility index (Phi) is 12.2. The van der Waals surface area contributed by atoms with Gasteiger partial charge in [-0.1, -0.05) is 6.92 Å². The van der Waals surface area contributed by atoms with Gasteiger partial charge in [0, 0.05) is 54.8 Å². The number of nitrogens with one attached hydrogen (secondary N) is 3. The Labute approximate surface area is 313 Å². The molecule has 2 fully saturated rings. The normalized spacial score (nSPS) is 15.7. The van der Waals surface area contributed by atoms with Crippen molar-refractivity contribution < 1.29 is 62.3 Å². The molecule has 24 heteroatoms. The highest BCUT2D eigenvalue weighted by Crippen LogP contribution is 2.39. The molecule has 4 aromatic rings. The van der Waals surface area contributed by atoms with Gasteiger partial charge < -0.3 is 0 Å².